The summed E-state index contributed by atoms with van der Waals surface area (Å²) in [5, 5.41) is 4.97. The molecule has 0 atom stereocenters. The van der Waals surface area contributed by atoms with Crippen LogP contribution >= 0.6 is 38.6 Å². The predicted molar refractivity (Wildman–Crippen MR) is 87.1 cm³/mol. The minimum absolute atomic E-state index is 0.268. The molecule has 6 heteroatoms. The van der Waals surface area contributed by atoms with Crippen molar-refractivity contribution in [1.82, 2.24) is 9.78 Å². The molecule has 0 N–H and O–H groups in total. The minimum atomic E-state index is -0.268. The molecule has 0 amide bonds. The molecule has 100 valence electrons. The van der Waals surface area contributed by atoms with Crippen LogP contribution in [0.15, 0.2) is 34.2 Å². The highest BCUT2D eigenvalue weighted by Crippen LogP contribution is 2.40. The predicted octanol–water partition coefficient (Wildman–Crippen LogP) is 5.42. The van der Waals surface area contributed by atoms with E-state index in [4.69, 9.17) is 0 Å². The van der Waals surface area contributed by atoms with Crippen molar-refractivity contribution in [3.05, 3.63) is 40.1 Å². The Balaban J connectivity index is 1.93. The lowest BCUT2D eigenvalue weighted by Gasteiger charge is -1.98. The van der Waals surface area contributed by atoms with Gasteiger partial charge in [0, 0.05) is 32.9 Å². The van der Waals surface area contributed by atoms with Gasteiger partial charge in [-0.2, -0.15) is 5.10 Å². The Labute approximate surface area is 130 Å². The standard InChI is InChI=1S/C14H8BrFN2S2/c1-18-6-8-2-7(3-9(16)14(8)17-18)10-4-11-12(19-10)5-13(15)20-11/h2-6H,1H3. The molecule has 0 saturated heterocycles. The number of halogens is 2. The second-order valence-electron chi connectivity index (χ2n) is 4.59. The second kappa shape index (κ2) is 4.38. The van der Waals surface area contributed by atoms with E-state index in [9.17, 15) is 4.39 Å². The minimum Gasteiger partial charge on any atom is -0.274 e. The third-order valence-corrected chi connectivity index (χ3v) is 5.98. The van der Waals surface area contributed by atoms with E-state index in [1.54, 1.807) is 40.5 Å². The number of thiophene rings is 2. The van der Waals surface area contributed by atoms with Crippen LogP contribution in [0.3, 0.4) is 0 Å². The zero-order valence-corrected chi connectivity index (χ0v) is 13.6. The number of nitrogens with zero attached hydrogens (tertiary/aromatic N) is 2. The highest BCUT2D eigenvalue weighted by molar-refractivity contribution is 9.11. The molecule has 0 spiro atoms. The van der Waals surface area contributed by atoms with Gasteiger partial charge in [0.25, 0.3) is 0 Å². The first-order chi connectivity index (χ1) is 9.60. The largest absolute Gasteiger partial charge is 0.274 e. The lowest BCUT2D eigenvalue weighted by Crippen LogP contribution is -1.86. The average Bonchev–Trinajstić information content (AvgIpc) is 3.00. The lowest BCUT2D eigenvalue weighted by molar-refractivity contribution is 0.633. The fourth-order valence-electron chi connectivity index (χ4n) is 2.30. The molecule has 20 heavy (non-hydrogen) atoms. The van der Waals surface area contributed by atoms with Crippen molar-refractivity contribution in [3.8, 4) is 10.4 Å². The summed E-state index contributed by atoms with van der Waals surface area (Å²) in [6.45, 7) is 0. The van der Waals surface area contributed by atoms with Crippen LogP contribution in [-0.2, 0) is 7.05 Å². The van der Waals surface area contributed by atoms with Crippen molar-refractivity contribution < 1.29 is 4.39 Å². The summed E-state index contributed by atoms with van der Waals surface area (Å²) in [4.78, 5) is 1.09. The Morgan fingerprint density at radius 1 is 1.15 bits per heavy atom. The Morgan fingerprint density at radius 3 is 2.75 bits per heavy atom. The normalized spacial score (nSPS) is 11.8. The van der Waals surface area contributed by atoms with Gasteiger partial charge in [-0.25, -0.2) is 4.39 Å². The van der Waals surface area contributed by atoms with Crippen LogP contribution < -0.4 is 0 Å². The van der Waals surface area contributed by atoms with Gasteiger partial charge in [0.05, 0.1) is 3.79 Å². The lowest BCUT2D eigenvalue weighted by atomic mass is 10.1. The molecule has 0 saturated carbocycles. The molecule has 0 aliphatic heterocycles. The third-order valence-electron chi connectivity index (χ3n) is 3.14. The van der Waals surface area contributed by atoms with Crippen LogP contribution in [0.1, 0.15) is 0 Å². The zero-order valence-electron chi connectivity index (χ0n) is 10.4. The number of hydrogen-bond donors (Lipinski definition) is 0. The van der Waals surface area contributed by atoms with Crippen molar-refractivity contribution in [2.75, 3.05) is 0 Å². The summed E-state index contributed by atoms with van der Waals surface area (Å²) in [5.74, 6) is -0.268. The van der Waals surface area contributed by atoms with Gasteiger partial charge in [-0.1, -0.05) is 0 Å². The van der Waals surface area contributed by atoms with Crippen LogP contribution in [0.4, 0.5) is 4.39 Å². The molecular formula is C14H8BrFN2S2. The van der Waals surface area contributed by atoms with Gasteiger partial charge in [0.15, 0.2) is 5.82 Å². The Hall–Kier alpha value is -1.24. The Kier molecular flexibility index (Phi) is 2.73. The molecule has 3 aromatic heterocycles. The summed E-state index contributed by atoms with van der Waals surface area (Å²) in [7, 11) is 1.80. The van der Waals surface area contributed by atoms with E-state index < -0.39 is 0 Å². The van der Waals surface area contributed by atoms with Crippen LogP contribution in [0.2, 0.25) is 0 Å². The summed E-state index contributed by atoms with van der Waals surface area (Å²) >= 11 is 6.86. The van der Waals surface area contributed by atoms with Crippen LogP contribution in [0, 0.1) is 5.82 Å². The van der Waals surface area contributed by atoms with E-state index in [1.165, 1.54) is 9.40 Å². The van der Waals surface area contributed by atoms with Gasteiger partial charge >= 0.3 is 0 Å². The second-order valence-corrected chi connectivity index (χ2v) is 8.14. The molecule has 2 nitrogen and oxygen atoms in total. The molecule has 0 aliphatic carbocycles. The van der Waals surface area contributed by atoms with Gasteiger partial charge < -0.3 is 0 Å². The van der Waals surface area contributed by atoms with Gasteiger partial charge in [-0.3, -0.25) is 4.68 Å². The van der Waals surface area contributed by atoms with Crippen molar-refractivity contribution in [1.29, 1.82) is 0 Å². The highest BCUT2D eigenvalue weighted by atomic mass is 79.9. The SMILES string of the molecule is Cn1cc2cc(-c3cc4sc(Br)cc4s3)cc(F)c2n1. The fourth-order valence-corrected chi connectivity index (χ4v) is 5.31. The summed E-state index contributed by atoms with van der Waals surface area (Å²) < 4.78 is 19.3. The van der Waals surface area contributed by atoms with Crippen molar-refractivity contribution in [2.24, 2.45) is 7.05 Å². The van der Waals surface area contributed by atoms with E-state index in [-0.39, 0.29) is 5.82 Å². The molecule has 0 unspecified atom stereocenters. The quantitative estimate of drug-likeness (QED) is 0.439. The maximum atomic E-state index is 14.1. The van der Waals surface area contributed by atoms with Gasteiger partial charge in [-0.15, -0.1) is 22.7 Å². The van der Waals surface area contributed by atoms with E-state index in [0.29, 0.717) is 5.52 Å². The zero-order chi connectivity index (χ0) is 13.9. The smallest absolute Gasteiger partial charge is 0.151 e. The number of rotatable bonds is 1. The van der Waals surface area contributed by atoms with Crippen LogP contribution in [-0.4, -0.2) is 9.78 Å². The molecule has 3 heterocycles. The first-order valence-corrected chi connectivity index (χ1v) is 8.35. The molecule has 0 radical (unpaired) electrons. The van der Waals surface area contributed by atoms with Crippen LogP contribution in [0.5, 0.6) is 0 Å². The average molecular weight is 367 g/mol. The molecule has 0 bridgehead atoms. The Bertz CT molecular complexity index is 919. The molecule has 4 rings (SSSR count). The third kappa shape index (κ3) is 1.90. The number of benzene rings is 1. The van der Waals surface area contributed by atoms with Gasteiger partial charge in [-0.05, 0) is 45.8 Å². The van der Waals surface area contributed by atoms with E-state index >= 15 is 0 Å². The van der Waals surface area contributed by atoms with Crippen molar-refractivity contribution in [2.45, 2.75) is 0 Å². The number of fused-ring (bicyclic) bond motifs is 2. The fraction of sp³-hybridized carbons (Fsp3) is 0.0714. The maximum Gasteiger partial charge on any atom is 0.151 e. The molecule has 4 aromatic rings. The highest BCUT2D eigenvalue weighted by Gasteiger charge is 2.12. The van der Waals surface area contributed by atoms with E-state index in [1.807, 2.05) is 12.3 Å². The van der Waals surface area contributed by atoms with E-state index in [2.05, 4.69) is 33.2 Å². The molecule has 1 aromatic carbocycles. The Morgan fingerprint density at radius 2 is 1.95 bits per heavy atom. The van der Waals surface area contributed by atoms with Crippen molar-refractivity contribution in [3.63, 3.8) is 0 Å². The molecular weight excluding hydrogens is 359 g/mol. The summed E-state index contributed by atoms with van der Waals surface area (Å²) in [5.41, 5.74) is 1.34. The van der Waals surface area contributed by atoms with Gasteiger partial charge in [0.2, 0.25) is 0 Å². The first kappa shape index (κ1) is 12.5. The maximum absolute atomic E-state index is 14.1. The molecule has 0 fully saturated rings. The van der Waals surface area contributed by atoms with E-state index in [0.717, 1.165) is 19.6 Å². The molecule has 0 aliphatic rings. The first-order valence-electron chi connectivity index (χ1n) is 5.92. The number of aromatic nitrogens is 2. The monoisotopic (exact) mass is 366 g/mol. The summed E-state index contributed by atoms with van der Waals surface area (Å²) in [6, 6.07) is 7.79. The van der Waals surface area contributed by atoms with Crippen molar-refractivity contribution >= 4 is 58.9 Å². The topological polar surface area (TPSA) is 17.8 Å². The van der Waals surface area contributed by atoms with Gasteiger partial charge in [0.1, 0.15) is 5.52 Å². The summed E-state index contributed by atoms with van der Waals surface area (Å²) in [6.07, 6.45) is 1.84. The van der Waals surface area contributed by atoms with Crippen LogP contribution in [0.25, 0.3) is 30.7 Å². The number of hydrogen-bond acceptors (Lipinski definition) is 3. The number of aryl methyl sites for hydroxylation is 1.